The minimum Gasteiger partial charge on any atom is -0.343 e. The molecule has 0 saturated heterocycles. The van der Waals surface area contributed by atoms with E-state index in [0.29, 0.717) is 0 Å². The Bertz CT molecular complexity index is 709. The average Bonchev–Trinajstić information content (AvgIpc) is 2.74. The Labute approximate surface area is 113 Å². The van der Waals surface area contributed by atoms with E-state index >= 15 is 0 Å². The van der Waals surface area contributed by atoms with Gasteiger partial charge in [-0.15, -0.1) is 0 Å². The maximum absolute atomic E-state index is 6.22. The summed E-state index contributed by atoms with van der Waals surface area (Å²) in [5, 5.41) is 1.25. The predicted octanol–water partition coefficient (Wildman–Crippen LogP) is 3.87. The Morgan fingerprint density at radius 2 is 1.58 bits per heavy atom. The predicted molar refractivity (Wildman–Crippen MR) is 81.0 cm³/mol. The van der Waals surface area contributed by atoms with Crippen molar-refractivity contribution < 1.29 is 0 Å². The van der Waals surface area contributed by atoms with Gasteiger partial charge in [-0.25, -0.2) is 0 Å². The minimum absolute atomic E-state index is 0.0151. The van der Waals surface area contributed by atoms with Gasteiger partial charge in [-0.05, 0) is 18.6 Å². The highest BCUT2D eigenvalue weighted by Crippen LogP contribution is 2.35. The summed E-state index contributed by atoms with van der Waals surface area (Å²) >= 11 is 0. The number of para-hydroxylation sites is 1. The molecule has 0 spiro atoms. The maximum atomic E-state index is 6.22. The van der Waals surface area contributed by atoms with E-state index < -0.39 is 0 Å². The van der Waals surface area contributed by atoms with Gasteiger partial charge in [0.1, 0.15) is 0 Å². The van der Waals surface area contributed by atoms with Crippen molar-refractivity contribution >= 4 is 10.9 Å². The van der Waals surface area contributed by atoms with Crippen molar-refractivity contribution in [3.05, 3.63) is 60.2 Å². The minimum atomic E-state index is 0.0151. The molecule has 0 radical (unpaired) electrons. The third kappa shape index (κ3) is 1.85. The number of benzene rings is 2. The van der Waals surface area contributed by atoms with Crippen LogP contribution in [0.15, 0.2) is 54.6 Å². The molecule has 19 heavy (non-hydrogen) atoms. The van der Waals surface area contributed by atoms with E-state index in [2.05, 4.69) is 60.1 Å². The molecule has 2 N–H and O–H groups in total. The number of fused-ring (bicyclic) bond motifs is 1. The molecular weight excluding hydrogens is 232 g/mol. The lowest BCUT2D eigenvalue weighted by Gasteiger charge is -2.11. The van der Waals surface area contributed by atoms with E-state index in [1.54, 1.807) is 0 Å². The molecule has 0 unspecified atom stereocenters. The van der Waals surface area contributed by atoms with Crippen LogP contribution in [0.3, 0.4) is 0 Å². The van der Waals surface area contributed by atoms with Crippen molar-refractivity contribution in [3.63, 3.8) is 0 Å². The summed E-state index contributed by atoms with van der Waals surface area (Å²) < 4.78 is 2.24. The highest BCUT2D eigenvalue weighted by atomic mass is 15.0. The molecular formula is C17H18N2. The van der Waals surface area contributed by atoms with Gasteiger partial charge in [-0.3, -0.25) is 0 Å². The third-order valence-corrected chi connectivity index (χ3v) is 3.65. The van der Waals surface area contributed by atoms with E-state index in [1.165, 1.54) is 27.7 Å². The number of hydrogen-bond acceptors (Lipinski definition) is 1. The molecule has 0 aliphatic rings. The quantitative estimate of drug-likeness (QED) is 0.735. The molecule has 0 amide bonds. The number of nitrogens with two attached hydrogens (primary N) is 1. The topological polar surface area (TPSA) is 30.9 Å². The molecule has 1 atom stereocenters. The second-order valence-corrected chi connectivity index (χ2v) is 4.99. The molecule has 2 aromatic carbocycles. The molecule has 0 aliphatic carbocycles. The summed E-state index contributed by atoms with van der Waals surface area (Å²) in [6.45, 7) is 2.05. The number of aromatic nitrogens is 1. The van der Waals surface area contributed by atoms with Crippen LogP contribution in [0, 0.1) is 0 Å². The van der Waals surface area contributed by atoms with E-state index in [4.69, 9.17) is 5.73 Å². The molecule has 1 aromatic heterocycles. The van der Waals surface area contributed by atoms with E-state index in [9.17, 15) is 0 Å². The zero-order valence-corrected chi connectivity index (χ0v) is 11.3. The SMILES string of the molecule is C[C@@H](N)c1c(-c2ccccc2)n(C)c2ccccc12. The number of nitrogens with zero attached hydrogens (tertiary/aromatic N) is 1. The molecule has 2 nitrogen and oxygen atoms in total. The van der Waals surface area contributed by atoms with Crippen molar-refractivity contribution in [2.75, 3.05) is 0 Å². The average molecular weight is 250 g/mol. The monoisotopic (exact) mass is 250 g/mol. The van der Waals surface area contributed by atoms with Gasteiger partial charge in [-0.1, -0.05) is 48.5 Å². The summed E-state index contributed by atoms with van der Waals surface area (Å²) in [5.74, 6) is 0. The van der Waals surface area contributed by atoms with Crippen molar-refractivity contribution in [2.24, 2.45) is 12.8 Å². The van der Waals surface area contributed by atoms with Crippen LogP contribution in [0.4, 0.5) is 0 Å². The fourth-order valence-corrected chi connectivity index (χ4v) is 2.83. The van der Waals surface area contributed by atoms with Gasteiger partial charge in [0.15, 0.2) is 0 Å². The van der Waals surface area contributed by atoms with Crippen molar-refractivity contribution in [1.29, 1.82) is 0 Å². The van der Waals surface area contributed by atoms with Crippen LogP contribution >= 0.6 is 0 Å². The Hall–Kier alpha value is -2.06. The summed E-state index contributed by atoms with van der Waals surface area (Å²) in [5.41, 5.74) is 11.1. The Morgan fingerprint density at radius 1 is 0.947 bits per heavy atom. The summed E-state index contributed by atoms with van der Waals surface area (Å²) in [6, 6.07) is 18.9. The molecule has 0 aliphatic heterocycles. The molecule has 0 bridgehead atoms. The summed E-state index contributed by atoms with van der Waals surface area (Å²) in [6.07, 6.45) is 0. The first-order valence-corrected chi connectivity index (χ1v) is 6.58. The maximum Gasteiger partial charge on any atom is 0.0537 e. The first kappa shape index (κ1) is 12.0. The van der Waals surface area contributed by atoms with Gasteiger partial charge in [0.05, 0.1) is 5.69 Å². The van der Waals surface area contributed by atoms with Crippen LogP contribution in [0.5, 0.6) is 0 Å². The molecule has 3 aromatic rings. The van der Waals surface area contributed by atoms with Gasteiger partial charge < -0.3 is 10.3 Å². The highest BCUT2D eigenvalue weighted by Gasteiger charge is 2.18. The standard InChI is InChI=1S/C17H18N2/c1-12(18)16-14-10-6-7-11-15(14)19(2)17(16)13-8-4-3-5-9-13/h3-12H,18H2,1-2H3/t12-/m1/s1. The molecule has 1 heterocycles. The van der Waals surface area contributed by atoms with Crippen LogP contribution in [-0.2, 0) is 7.05 Å². The summed E-state index contributed by atoms with van der Waals surface area (Å²) in [4.78, 5) is 0. The number of hydrogen-bond donors (Lipinski definition) is 1. The van der Waals surface area contributed by atoms with Crippen LogP contribution in [0.2, 0.25) is 0 Å². The second kappa shape index (κ2) is 4.56. The lowest BCUT2D eigenvalue weighted by Crippen LogP contribution is -2.06. The van der Waals surface area contributed by atoms with Gasteiger partial charge >= 0.3 is 0 Å². The normalized spacial score (nSPS) is 12.8. The molecule has 96 valence electrons. The first-order valence-electron chi connectivity index (χ1n) is 6.58. The zero-order chi connectivity index (χ0) is 13.4. The Kier molecular flexibility index (Phi) is 2.88. The van der Waals surface area contributed by atoms with E-state index in [0.717, 1.165) is 0 Å². The van der Waals surface area contributed by atoms with Crippen LogP contribution < -0.4 is 5.73 Å². The Balaban J connectivity index is 2.41. The van der Waals surface area contributed by atoms with Gasteiger partial charge in [0.25, 0.3) is 0 Å². The lowest BCUT2D eigenvalue weighted by molar-refractivity contribution is 0.819. The smallest absolute Gasteiger partial charge is 0.0537 e. The number of rotatable bonds is 2. The fourth-order valence-electron chi connectivity index (χ4n) is 2.83. The summed E-state index contributed by atoms with van der Waals surface area (Å²) in [7, 11) is 2.11. The molecule has 0 saturated carbocycles. The molecule has 0 fully saturated rings. The van der Waals surface area contributed by atoms with Crippen molar-refractivity contribution in [3.8, 4) is 11.3 Å². The van der Waals surface area contributed by atoms with Crippen molar-refractivity contribution in [2.45, 2.75) is 13.0 Å². The fraction of sp³-hybridized carbons (Fsp3) is 0.176. The van der Waals surface area contributed by atoms with Gasteiger partial charge in [0.2, 0.25) is 0 Å². The Morgan fingerprint density at radius 3 is 2.26 bits per heavy atom. The van der Waals surface area contributed by atoms with Crippen LogP contribution in [0.25, 0.3) is 22.2 Å². The van der Waals surface area contributed by atoms with Gasteiger partial charge in [0, 0.05) is 29.6 Å². The molecule has 2 heteroatoms. The van der Waals surface area contributed by atoms with E-state index in [-0.39, 0.29) is 6.04 Å². The van der Waals surface area contributed by atoms with E-state index in [1.807, 2.05) is 13.0 Å². The van der Waals surface area contributed by atoms with Crippen molar-refractivity contribution in [1.82, 2.24) is 4.57 Å². The first-order chi connectivity index (χ1) is 9.20. The number of aryl methyl sites for hydroxylation is 1. The van der Waals surface area contributed by atoms with Gasteiger partial charge in [-0.2, -0.15) is 0 Å². The molecule has 3 rings (SSSR count). The third-order valence-electron chi connectivity index (χ3n) is 3.65. The lowest BCUT2D eigenvalue weighted by atomic mass is 10.0. The largest absolute Gasteiger partial charge is 0.343 e. The zero-order valence-electron chi connectivity index (χ0n) is 11.3. The van der Waals surface area contributed by atoms with Crippen LogP contribution in [-0.4, -0.2) is 4.57 Å². The second-order valence-electron chi connectivity index (χ2n) is 4.99. The highest BCUT2D eigenvalue weighted by molar-refractivity contribution is 5.92. The van der Waals surface area contributed by atoms with Crippen LogP contribution in [0.1, 0.15) is 18.5 Å².